The Hall–Kier alpha value is -1.33. The Bertz CT molecular complexity index is 689. The minimum Gasteiger partial charge on any atom is -0.265 e. The molecule has 18 heavy (non-hydrogen) atoms. The highest BCUT2D eigenvalue weighted by atomic mass is 32.2. The standard InChI is InChI=1S/C13H13NO2S2/c1-10-6-7-13(17-10)18(15,16)14-9-8-11-4-2-3-5-12(11)14/h2-7H,8-9H2,1H3. The van der Waals surface area contributed by atoms with Crippen LogP contribution in [0.4, 0.5) is 5.69 Å². The third-order valence-electron chi connectivity index (χ3n) is 3.10. The molecule has 3 rings (SSSR count). The summed E-state index contributed by atoms with van der Waals surface area (Å²) in [6, 6.07) is 11.2. The summed E-state index contributed by atoms with van der Waals surface area (Å²) >= 11 is 1.33. The van der Waals surface area contributed by atoms with Gasteiger partial charge in [0.25, 0.3) is 10.0 Å². The molecule has 0 N–H and O–H groups in total. The van der Waals surface area contributed by atoms with Gasteiger partial charge in [0.15, 0.2) is 0 Å². The highest BCUT2D eigenvalue weighted by Crippen LogP contribution is 2.34. The zero-order valence-corrected chi connectivity index (χ0v) is 11.6. The molecule has 1 aliphatic rings. The van der Waals surface area contributed by atoms with Crippen molar-refractivity contribution in [3.63, 3.8) is 0 Å². The van der Waals surface area contributed by atoms with Crippen molar-refractivity contribution in [3.8, 4) is 0 Å². The summed E-state index contributed by atoms with van der Waals surface area (Å²) in [5.41, 5.74) is 1.93. The van der Waals surface area contributed by atoms with E-state index < -0.39 is 10.0 Å². The molecule has 0 radical (unpaired) electrons. The Kier molecular flexibility index (Phi) is 2.68. The molecule has 1 aliphatic heterocycles. The Morgan fingerprint density at radius 2 is 1.94 bits per heavy atom. The van der Waals surface area contributed by atoms with Crippen LogP contribution in [0, 0.1) is 6.92 Å². The van der Waals surface area contributed by atoms with Crippen molar-refractivity contribution in [2.24, 2.45) is 0 Å². The topological polar surface area (TPSA) is 37.4 Å². The number of hydrogen-bond donors (Lipinski definition) is 0. The average Bonchev–Trinajstić information content (AvgIpc) is 2.95. The molecule has 0 bridgehead atoms. The summed E-state index contributed by atoms with van der Waals surface area (Å²) < 4.78 is 27.0. The summed E-state index contributed by atoms with van der Waals surface area (Å²) in [5, 5.41) is 0. The first-order chi connectivity index (χ1) is 8.59. The molecule has 1 aromatic carbocycles. The lowest BCUT2D eigenvalue weighted by Gasteiger charge is -2.18. The molecule has 2 aromatic rings. The van der Waals surface area contributed by atoms with Gasteiger partial charge in [0.1, 0.15) is 4.21 Å². The van der Waals surface area contributed by atoms with Crippen LogP contribution < -0.4 is 4.31 Å². The molecule has 0 saturated carbocycles. The molecule has 3 nitrogen and oxygen atoms in total. The van der Waals surface area contributed by atoms with Crippen molar-refractivity contribution < 1.29 is 8.42 Å². The Morgan fingerprint density at radius 3 is 2.67 bits per heavy atom. The highest BCUT2D eigenvalue weighted by Gasteiger charge is 2.31. The van der Waals surface area contributed by atoms with Crippen LogP contribution in [0.3, 0.4) is 0 Å². The lowest BCUT2D eigenvalue weighted by Crippen LogP contribution is -2.28. The van der Waals surface area contributed by atoms with E-state index >= 15 is 0 Å². The van der Waals surface area contributed by atoms with Crippen molar-refractivity contribution in [2.45, 2.75) is 17.6 Å². The number of fused-ring (bicyclic) bond motifs is 1. The van der Waals surface area contributed by atoms with Gasteiger partial charge in [-0.05, 0) is 37.1 Å². The van der Waals surface area contributed by atoms with Crippen molar-refractivity contribution in [3.05, 3.63) is 46.8 Å². The van der Waals surface area contributed by atoms with Crippen LogP contribution in [-0.2, 0) is 16.4 Å². The van der Waals surface area contributed by atoms with E-state index in [4.69, 9.17) is 0 Å². The molecule has 94 valence electrons. The Labute approximate surface area is 111 Å². The van der Waals surface area contributed by atoms with Crippen molar-refractivity contribution >= 4 is 27.0 Å². The SMILES string of the molecule is Cc1ccc(S(=O)(=O)N2CCc3ccccc32)s1. The molecule has 0 amide bonds. The fraction of sp³-hybridized carbons (Fsp3) is 0.231. The summed E-state index contributed by atoms with van der Waals surface area (Å²) in [7, 11) is -3.38. The van der Waals surface area contributed by atoms with Gasteiger partial charge in [-0.2, -0.15) is 0 Å². The molecule has 1 aromatic heterocycles. The fourth-order valence-electron chi connectivity index (χ4n) is 2.22. The van der Waals surface area contributed by atoms with Gasteiger partial charge in [-0.1, -0.05) is 18.2 Å². The maximum absolute atomic E-state index is 12.5. The van der Waals surface area contributed by atoms with Crippen LogP contribution in [0.15, 0.2) is 40.6 Å². The first-order valence-electron chi connectivity index (χ1n) is 5.76. The van der Waals surface area contributed by atoms with Gasteiger partial charge >= 0.3 is 0 Å². The fourth-order valence-corrected chi connectivity index (χ4v) is 5.12. The molecule has 0 aliphatic carbocycles. The van der Waals surface area contributed by atoms with Crippen LogP contribution >= 0.6 is 11.3 Å². The minimum absolute atomic E-state index is 0.428. The second kappa shape index (κ2) is 4.10. The molecule has 2 heterocycles. The largest absolute Gasteiger partial charge is 0.273 e. The second-order valence-electron chi connectivity index (χ2n) is 4.32. The van der Waals surface area contributed by atoms with E-state index in [0.29, 0.717) is 10.8 Å². The predicted octanol–water partition coefficient (Wildman–Crippen LogP) is 2.81. The molecule has 0 unspecified atom stereocenters. The van der Waals surface area contributed by atoms with E-state index in [9.17, 15) is 8.42 Å². The van der Waals surface area contributed by atoms with E-state index in [1.807, 2.05) is 37.3 Å². The number of thiophene rings is 1. The van der Waals surface area contributed by atoms with Gasteiger partial charge in [0.05, 0.1) is 5.69 Å². The lowest BCUT2D eigenvalue weighted by atomic mass is 10.2. The van der Waals surface area contributed by atoms with E-state index in [-0.39, 0.29) is 0 Å². The predicted molar refractivity (Wildman–Crippen MR) is 73.7 cm³/mol. The Morgan fingerprint density at radius 1 is 1.17 bits per heavy atom. The third kappa shape index (κ3) is 1.74. The summed E-state index contributed by atoms with van der Waals surface area (Å²) in [4.78, 5) is 1.01. The molecule has 0 saturated heterocycles. The van der Waals surface area contributed by atoms with Crippen LogP contribution in [0.1, 0.15) is 10.4 Å². The van der Waals surface area contributed by atoms with E-state index in [2.05, 4.69) is 0 Å². The minimum atomic E-state index is -3.38. The number of rotatable bonds is 2. The van der Waals surface area contributed by atoms with Crippen LogP contribution in [0.5, 0.6) is 0 Å². The van der Waals surface area contributed by atoms with E-state index in [0.717, 1.165) is 22.5 Å². The summed E-state index contributed by atoms with van der Waals surface area (Å²) in [6.45, 7) is 2.46. The van der Waals surface area contributed by atoms with Crippen molar-refractivity contribution in [2.75, 3.05) is 10.8 Å². The van der Waals surface area contributed by atoms with Gasteiger partial charge in [0, 0.05) is 11.4 Å². The molecular weight excluding hydrogens is 266 g/mol. The molecule has 0 atom stereocenters. The molecular formula is C13H13NO2S2. The summed E-state index contributed by atoms with van der Waals surface area (Å²) in [5.74, 6) is 0. The normalized spacial score (nSPS) is 14.8. The van der Waals surface area contributed by atoms with Crippen LogP contribution in [0.2, 0.25) is 0 Å². The number of aryl methyl sites for hydroxylation is 1. The van der Waals surface area contributed by atoms with E-state index in [1.165, 1.54) is 15.6 Å². The van der Waals surface area contributed by atoms with Gasteiger partial charge in [-0.15, -0.1) is 11.3 Å². The van der Waals surface area contributed by atoms with Gasteiger partial charge in [-0.3, -0.25) is 4.31 Å². The number of hydrogen-bond acceptors (Lipinski definition) is 3. The number of sulfonamides is 1. The lowest BCUT2D eigenvalue weighted by molar-refractivity contribution is 0.594. The maximum Gasteiger partial charge on any atom is 0.273 e. The quantitative estimate of drug-likeness (QED) is 0.847. The zero-order chi connectivity index (χ0) is 12.8. The van der Waals surface area contributed by atoms with Crippen LogP contribution in [0.25, 0.3) is 0 Å². The second-order valence-corrected chi connectivity index (χ2v) is 7.70. The number of para-hydroxylation sites is 1. The van der Waals surface area contributed by atoms with Gasteiger partial charge < -0.3 is 0 Å². The van der Waals surface area contributed by atoms with E-state index in [1.54, 1.807) is 6.07 Å². The number of nitrogens with zero attached hydrogens (tertiary/aromatic N) is 1. The van der Waals surface area contributed by atoms with Crippen molar-refractivity contribution in [1.82, 2.24) is 0 Å². The monoisotopic (exact) mass is 279 g/mol. The zero-order valence-electron chi connectivity index (χ0n) is 9.96. The van der Waals surface area contributed by atoms with Gasteiger partial charge in [-0.25, -0.2) is 8.42 Å². The highest BCUT2D eigenvalue weighted by molar-refractivity contribution is 7.94. The van der Waals surface area contributed by atoms with Crippen LogP contribution in [-0.4, -0.2) is 15.0 Å². The smallest absolute Gasteiger partial charge is 0.265 e. The molecule has 5 heteroatoms. The third-order valence-corrected chi connectivity index (χ3v) is 6.39. The first-order valence-corrected chi connectivity index (χ1v) is 8.02. The Balaban J connectivity index is 2.07. The number of benzene rings is 1. The maximum atomic E-state index is 12.5. The summed E-state index contributed by atoms with van der Waals surface area (Å²) in [6.07, 6.45) is 0.791. The number of anilines is 1. The van der Waals surface area contributed by atoms with Gasteiger partial charge in [0.2, 0.25) is 0 Å². The molecule has 0 fully saturated rings. The first kappa shape index (κ1) is 11.7. The van der Waals surface area contributed by atoms with Crippen molar-refractivity contribution in [1.29, 1.82) is 0 Å². The average molecular weight is 279 g/mol. The molecule has 0 spiro atoms.